The summed E-state index contributed by atoms with van der Waals surface area (Å²) < 4.78 is 5.99. The van der Waals surface area contributed by atoms with E-state index in [4.69, 9.17) is 4.74 Å². The third kappa shape index (κ3) is 3.17. The van der Waals surface area contributed by atoms with Gasteiger partial charge in [-0.1, -0.05) is 48.5 Å². The Balaban J connectivity index is 1.42. The molecule has 146 valence electrons. The van der Waals surface area contributed by atoms with Gasteiger partial charge in [0.05, 0.1) is 5.69 Å². The van der Waals surface area contributed by atoms with Crippen LogP contribution in [-0.4, -0.2) is 22.5 Å². The van der Waals surface area contributed by atoms with Gasteiger partial charge in [0.2, 0.25) is 11.8 Å². The fourth-order valence-electron chi connectivity index (χ4n) is 4.15. The molecule has 7 heteroatoms. The zero-order valence-electron chi connectivity index (χ0n) is 15.7. The standard InChI is InChI=1S/C22H19N3O3S/c1-22-11-15(14-9-5-6-10-17(14)28-22)18(20(27)25-22)19(26)24-21-23-16(12-29-21)13-7-3-2-4-8-13/h2-10,12,15,18H,11H2,1H3,(H,25,27)(H,23,24,26). The molecule has 2 aliphatic heterocycles. The second kappa shape index (κ2) is 6.70. The Morgan fingerprint density at radius 2 is 1.97 bits per heavy atom. The van der Waals surface area contributed by atoms with Crippen LogP contribution >= 0.6 is 11.3 Å². The molecule has 2 amide bonds. The van der Waals surface area contributed by atoms with Crippen molar-refractivity contribution in [1.29, 1.82) is 0 Å². The van der Waals surface area contributed by atoms with E-state index in [0.29, 0.717) is 17.3 Å². The number of rotatable bonds is 3. The molecule has 0 spiro atoms. The zero-order valence-corrected chi connectivity index (χ0v) is 16.5. The number of carbonyl (C=O) groups is 2. The molecule has 1 aromatic heterocycles. The number of hydrogen-bond acceptors (Lipinski definition) is 5. The zero-order chi connectivity index (χ0) is 20.0. The Kier molecular flexibility index (Phi) is 4.13. The third-order valence-electron chi connectivity index (χ3n) is 5.42. The Bertz CT molecular complexity index is 1100. The molecule has 29 heavy (non-hydrogen) atoms. The molecule has 3 atom stereocenters. The van der Waals surface area contributed by atoms with Gasteiger partial charge in [-0.25, -0.2) is 4.98 Å². The topological polar surface area (TPSA) is 80.3 Å². The van der Waals surface area contributed by atoms with Gasteiger partial charge in [0.25, 0.3) is 0 Å². The van der Waals surface area contributed by atoms with Crippen LogP contribution in [0.5, 0.6) is 5.75 Å². The molecule has 0 aliphatic carbocycles. The van der Waals surface area contributed by atoms with Crippen LogP contribution in [0.2, 0.25) is 0 Å². The summed E-state index contributed by atoms with van der Waals surface area (Å²) in [7, 11) is 0. The Morgan fingerprint density at radius 3 is 2.79 bits per heavy atom. The van der Waals surface area contributed by atoms with E-state index in [1.165, 1.54) is 11.3 Å². The highest BCUT2D eigenvalue weighted by atomic mass is 32.1. The molecule has 3 aromatic rings. The number of thiazole rings is 1. The van der Waals surface area contributed by atoms with Crippen molar-refractivity contribution in [3.8, 4) is 17.0 Å². The maximum absolute atomic E-state index is 13.1. The van der Waals surface area contributed by atoms with Crippen molar-refractivity contribution in [3.63, 3.8) is 0 Å². The minimum Gasteiger partial charge on any atom is -0.468 e. The number of carbonyl (C=O) groups excluding carboxylic acids is 2. The normalized spacial score (nSPS) is 24.8. The summed E-state index contributed by atoms with van der Waals surface area (Å²) in [6.45, 7) is 1.84. The summed E-state index contributed by atoms with van der Waals surface area (Å²) in [5, 5.41) is 8.10. The minimum atomic E-state index is -0.836. The lowest BCUT2D eigenvalue weighted by atomic mass is 9.74. The van der Waals surface area contributed by atoms with E-state index in [1.807, 2.05) is 66.9 Å². The van der Waals surface area contributed by atoms with Crippen molar-refractivity contribution >= 4 is 28.3 Å². The van der Waals surface area contributed by atoms with Crippen LogP contribution in [0.15, 0.2) is 60.0 Å². The molecule has 3 unspecified atom stereocenters. The van der Waals surface area contributed by atoms with Crippen LogP contribution in [0, 0.1) is 5.92 Å². The molecule has 6 nitrogen and oxygen atoms in total. The van der Waals surface area contributed by atoms with Gasteiger partial charge < -0.3 is 15.4 Å². The third-order valence-corrected chi connectivity index (χ3v) is 6.18. The van der Waals surface area contributed by atoms with Crippen molar-refractivity contribution < 1.29 is 14.3 Å². The second-order valence-corrected chi connectivity index (χ2v) is 8.40. The largest absolute Gasteiger partial charge is 0.468 e. The second-order valence-electron chi connectivity index (χ2n) is 7.54. The lowest BCUT2D eigenvalue weighted by Gasteiger charge is -2.46. The number of ether oxygens (including phenoxy) is 1. The van der Waals surface area contributed by atoms with E-state index < -0.39 is 11.6 Å². The van der Waals surface area contributed by atoms with Gasteiger partial charge in [-0.3, -0.25) is 9.59 Å². The number of para-hydroxylation sites is 1. The lowest BCUT2D eigenvalue weighted by Crippen LogP contribution is -2.62. The van der Waals surface area contributed by atoms with Crippen LogP contribution in [0.25, 0.3) is 11.3 Å². The van der Waals surface area contributed by atoms with Crippen LogP contribution in [0.1, 0.15) is 24.8 Å². The highest BCUT2D eigenvalue weighted by Gasteiger charge is 2.51. The van der Waals surface area contributed by atoms with E-state index in [2.05, 4.69) is 15.6 Å². The predicted octanol–water partition coefficient (Wildman–Crippen LogP) is 3.78. The summed E-state index contributed by atoms with van der Waals surface area (Å²) in [4.78, 5) is 30.4. The number of hydrogen-bond donors (Lipinski definition) is 2. The van der Waals surface area contributed by atoms with E-state index in [9.17, 15) is 9.59 Å². The number of piperidine rings is 1. The van der Waals surface area contributed by atoms with Gasteiger partial charge in [-0.2, -0.15) is 0 Å². The molecule has 5 rings (SSSR count). The molecule has 0 saturated carbocycles. The van der Waals surface area contributed by atoms with Gasteiger partial charge in [-0.05, 0) is 18.6 Å². The van der Waals surface area contributed by atoms with Crippen LogP contribution < -0.4 is 15.4 Å². The molecule has 1 saturated heterocycles. The maximum atomic E-state index is 13.1. The number of fused-ring (bicyclic) bond motifs is 4. The number of nitrogens with zero attached hydrogens (tertiary/aromatic N) is 1. The van der Waals surface area contributed by atoms with Crippen molar-refractivity contribution in [1.82, 2.24) is 10.3 Å². The van der Waals surface area contributed by atoms with Gasteiger partial charge in [0.15, 0.2) is 10.9 Å². The first kappa shape index (κ1) is 17.9. The highest BCUT2D eigenvalue weighted by Crippen LogP contribution is 2.46. The first-order chi connectivity index (χ1) is 14.0. The van der Waals surface area contributed by atoms with Gasteiger partial charge in [-0.15, -0.1) is 11.3 Å². The molecule has 2 aromatic carbocycles. The molecule has 2 aliphatic rings. The molecule has 1 fully saturated rings. The maximum Gasteiger partial charge on any atom is 0.239 e. The molecular formula is C22H19N3O3S. The van der Waals surface area contributed by atoms with Gasteiger partial charge >= 0.3 is 0 Å². The summed E-state index contributed by atoms with van der Waals surface area (Å²) >= 11 is 1.35. The summed E-state index contributed by atoms with van der Waals surface area (Å²) in [5.74, 6) is -1.04. The molecule has 3 heterocycles. The van der Waals surface area contributed by atoms with Crippen LogP contribution in [-0.2, 0) is 9.59 Å². The van der Waals surface area contributed by atoms with E-state index in [-0.39, 0.29) is 17.7 Å². The Morgan fingerprint density at radius 1 is 1.21 bits per heavy atom. The number of nitrogens with one attached hydrogen (secondary N) is 2. The minimum absolute atomic E-state index is 0.243. The van der Waals surface area contributed by atoms with Crippen LogP contribution in [0.3, 0.4) is 0 Å². The summed E-state index contributed by atoms with van der Waals surface area (Å²) in [6, 6.07) is 17.4. The highest BCUT2D eigenvalue weighted by molar-refractivity contribution is 7.14. The van der Waals surface area contributed by atoms with Crippen molar-refractivity contribution in [2.75, 3.05) is 5.32 Å². The Hall–Kier alpha value is -3.19. The fraction of sp³-hybridized carbons (Fsp3) is 0.227. The number of aromatic nitrogens is 1. The SMILES string of the molecule is CC12CC(c3ccccc3O1)C(C(=O)Nc1nc(-c3ccccc3)cs1)C(=O)N2. The molecule has 2 bridgehead atoms. The Labute approximate surface area is 171 Å². The van der Waals surface area contributed by atoms with Crippen molar-refractivity contribution in [3.05, 3.63) is 65.5 Å². The number of benzene rings is 2. The lowest BCUT2D eigenvalue weighted by molar-refractivity contribution is -0.145. The van der Waals surface area contributed by atoms with Crippen molar-refractivity contribution in [2.45, 2.75) is 25.0 Å². The first-order valence-electron chi connectivity index (χ1n) is 9.44. The monoisotopic (exact) mass is 405 g/mol. The molecular weight excluding hydrogens is 386 g/mol. The van der Waals surface area contributed by atoms with E-state index in [0.717, 1.165) is 16.8 Å². The summed E-state index contributed by atoms with van der Waals surface area (Å²) in [5.41, 5.74) is 1.87. The quantitative estimate of drug-likeness (QED) is 0.650. The average Bonchev–Trinajstić information content (AvgIpc) is 3.16. The number of anilines is 1. The molecule has 2 N–H and O–H groups in total. The fourth-order valence-corrected chi connectivity index (χ4v) is 4.87. The van der Waals surface area contributed by atoms with Gasteiger partial charge in [0.1, 0.15) is 11.7 Å². The van der Waals surface area contributed by atoms with Crippen LogP contribution in [0.4, 0.5) is 5.13 Å². The smallest absolute Gasteiger partial charge is 0.239 e. The average molecular weight is 405 g/mol. The molecule has 0 radical (unpaired) electrons. The van der Waals surface area contributed by atoms with E-state index >= 15 is 0 Å². The van der Waals surface area contributed by atoms with Crippen molar-refractivity contribution in [2.24, 2.45) is 5.92 Å². The van der Waals surface area contributed by atoms with Gasteiger partial charge in [0, 0.05) is 23.3 Å². The van der Waals surface area contributed by atoms with E-state index in [1.54, 1.807) is 0 Å². The summed E-state index contributed by atoms with van der Waals surface area (Å²) in [6.07, 6.45) is 0.543. The first-order valence-corrected chi connectivity index (χ1v) is 10.3. The predicted molar refractivity (Wildman–Crippen MR) is 111 cm³/mol. The number of amides is 2.